The molecule has 2 aromatic rings. The minimum absolute atomic E-state index is 0.252. The van der Waals surface area contributed by atoms with Gasteiger partial charge in [0.2, 0.25) is 0 Å². The number of rotatable bonds is 3. The van der Waals surface area contributed by atoms with Crippen LogP contribution < -0.4 is 10.6 Å². The summed E-state index contributed by atoms with van der Waals surface area (Å²) in [6.07, 6.45) is 1.34. The van der Waals surface area contributed by atoms with E-state index in [0.29, 0.717) is 22.8 Å². The van der Waals surface area contributed by atoms with Gasteiger partial charge >= 0.3 is 0 Å². The summed E-state index contributed by atoms with van der Waals surface area (Å²) in [6, 6.07) is 6.33. The Labute approximate surface area is 137 Å². The molecule has 0 bridgehead atoms. The summed E-state index contributed by atoms with van der Waals surface area (Å²) < 4.78 is 0. The third kappa shape index (κ3) is 3.25. The fourth-order valence-electron chi connectivity index (χ4n) is 2.33. The van der Waals surface area contributed by atoms with Crippen molar-refractivity contribution in [3.63, 3.8) is 0 Å². The van der Waals surface area contributed by atoms with E-state index in [9.17, 15) is 9.90 Å². The zero-order valence-electron chi connectivity index (χ0n) is 12.7. The molecule has 0 saturated carbocycles. The number of nitrogens with one attached hydrogen (secondary N) is 1. The minimum Gasteiger partial charge on any atom is -0.388 e. The molecule has 1 aliphatic rings. The van der Waals surface area contributed by atoms with E-state index < -0.39 is 5.60 Å². The molecule has 1 aromatic carbocycles. The van der Waals surface area contributed by atoms with Crippen LogP contribution in [-0.4, -0.2) is 33.3 Å². The van der Waals surface area contributed by atoms with Crippen molar-refractivity contribution in [2.45, 2.75) is 25.5 Å². The average Bonchev–Trinajstić information content (AvgIpc) is 2.97. The Bertz CT molecular complexity index is 812. The number of aliphatic hydroxyl groups is 1. The zero-order chi connectivity index (χ0) is 16.6. The highest BCUT2D eigenvalue weighted by molar-refractivity contribution is 6.31. The standard InChI is InChI=1S/C15H16ClN5O2/c1-15(2,23)13-7-21(20-19-13)12-4-3-9(16)5-10(12)11-6-14(22)18-8-17-11/h3-6,8,13,23H,7H2,1-2H3,(H,17,18,22). The van der Waals surface area contributed by atoms with E-state index in [2.05, 4.69) is 20.3 Å². The number of H-pyrrole nitrogens is 1. The van der Waals surface area contributed by atoms with Crippen LogP contribution in [0.3, 0.4) is 0 Å². The van der Waals surface area contributed by atoms with Crippen molar-refractivity contribution in [2.24, 2.45) is 10.3 Å². The summed E-state index contributed by atoms with van der Waals surface area (Å²) in [5.41, 5.74) is 0.681. The lowest BCUT2D eigenvalue weighted by atomic mass is 9.99. The molecule has 0 amide bonds. The molecule has 1 aliphatic heterocycles. The highest BCUT2D eigenvalue weighted by Gasteiger charge is 2.33. The van der Waals surface area contributed by atoms with Gasteiger partial charge in [0.25, 0.3) is 5.56 Å². The predicted octanol–water partition coefficient (Wildman–Crippen LogP) is 2.42. The molecule has 0 radical (unpaired) electrons. The molecule has 1 unspecified atom stereocenters. The van der Waals surface area contributed by atoms with Crippen molar-refractivity contribution in [3.8, 4) is 11.3 Å². The van der Waals surface area contributed by atoms with Crippen LogP contribution in [0.25, 0.3) is 11.3 Å². The van der Waals surface area contributed by atoms with E-state index in [1.807, 2.05) is 0 Å². The van der Waals surface area contributed by atoms with Gasteiger partial charge in [-0.1, -0.05) is 16.8 Å². The van der Waals surface area contributed by atoms with Crippen molar-refractivity contribution in [1.82, 2.24) is 9.97 Å². The number of benzene rings is 1. The molecule has 1 atom stereocenters. The van der Waals surface area contributed by atoms with Crippen LogP contribution in [-0.2, 0) is 0 Å². The Morgan fingerprint density at radius 2 is 2.17 bits per heavy atom. The normalized spacial score (nSPS) is 17.7. The maximum Gasteiger partial charge on any atom is 0.251 e. The molecule has 3 rings (SSSR count). The fraction of sp³-hybridized carbons (Fsp3) is 0.333. The predicted molar refractivity (Wildman–Crippen MR) is 87.6 cm³/mol. The van der Waals surface area contributed by atoms with Gasteiger partial charge in [0.1, 0.15) is 6.04 Å². The van der Waals surface area contributed by atoms with E-state index in [4.69, 9.17) is 11.6 Å². The monoisotopic (exact) mass is 333 g/mol. The van der Waals surface area contributed by atoms with E-state index in [0.717, 1.165) is 5.69 Å². The van der Waals surface area contributed by atoms with Gasteiger partial charge in [0, 0.05) is 16.7 Å². The molecule has 23 heavy (non-hydrogen) atoms. The summed E-state index contributed by atoms with van der Waals surface area (Å²) in [5, 5.41) is 20.5. The zero-order valence-corrected chi connectivity index (χ0v) is 13.4. The summed E-state index contributed by atoms with van der Waals surface area (Å²) in [4.78, 5) is 18.2. The second-order valence-electron chi connectivity index (χ2n) is 5.91. The summed E-state index contributed by atoms with van der Waals surface area (Å²) >= 11 is 6.09. The van der Waals surface area contributed by atoms with Crippen LogP contribution >= 0.6 is 11.6 Å². The Balaban J connectivity index is 2.02. The van der Waals surface area contributed by atoms with Crippen molar-refractivity contribution in [2.75, 3.05) is 11.6 Å². The van der Waals surface area contributed by atoms with Crippen LogP contribution in [0.1, 0.15) is 13.8 Å². The maximum atomic E-state index is 11.5. The quantitative estimate of drug-likeness (QED) is 0.901. The molecule has 1 aromatic heterocycles. The summed E-state index contributed by atoms with van der Waals surface area (Å²) in [5.74, 6) is 0. The Morgan fingerprint density at radius 1 is 1.39 bits per heavy atom. The van der Waals surface area contributed by atoms with Gasteiger partial charge in [-0.3, -0.25) is 4.79 Å². The molecule has 2 heterocycles. The number of hydrogen-bond donors (Lipinski definition) is 2. The number of aromatic nitrogens is 2. The number of hydrogen-bond acceptors (Lipinski definition) is 6. The molecule has 2 N–H and O–H groups in total. The Kier molecular flexibility index (Phi) is 3.91. The van der Waals surface area contributed by atoms with E-state index in [1.165, 1.54) is 12.4 Å². The molecule has 0 fully saturated rings. The molecule has 0 saturated heterocycles. The third-order valence-electron chi connectivity index (χ3n) is 3.65. The molecule has 0 aliphatic carbocycles. The number of halogens is 1. The van der Waals surface area contributed by atoms with Crippen LogP contribution in [0.4, 0.5) is 5.69 Å². The Hall–Kier alpha value is -2.25. The first-order valence-electron chi connectivity index (χ1n) is 7.10. The fourth-order valence-corrected chi connectivity index (χ4v) is 2.50. The first kappa shape index (κ1) is 15.6. The first-order chi connectivity index (χ1) is 10.8. The second-order valence-corrected chi connectivity index (χ2v) is 6.35. The van der Waals surface area contributed by atoms with Crippen molar-refractivity contribution in [3.05, 3.63) is 46.0 Å². The highest BCUT2D eigenvalue weighted by atomic mass is 35.5. The van der Waals surface area contributed by atoms with Gasteiger partial charge < -0.3 is 10.1 Å². The molecule has 120 valence electrons. The van der Waals surface area contributed by atoms with E-state index in [-0.39, 0.29) is 11.6 Å². The van der Waals surface area contributed by atoms with Crippen LogP contribution in [0.2, 0.25) is 5.02 Å². The van der Waals surface area contributed by atoms with E-state index >= 15 is 0 Å². The van der Waals surface area contributed by atoms with Crippen LogP contribution in [0.15, 0.2) is 45.7 Å². The largest absolute Gasteiger partial charge is 0.388 e. The molecule has 0 spiro atoms. The minimum atomic E-state index is -0.965. The van der Waals surface area contributed by atoms with Gasteiger partial charge in [0.05, 0.1) is 29.9 Å². The highest BCUT2D eigenvalue weighted by Crippen LogP contribution is 2.34. The number of nitrogens with zero attached hydrogens (tertiary/aromatic N) is 4. The molecular weight excluding hydrogens is 318 g/mol. The van der Waals surface area contributed by atoms with Crippen LogP contribution in [0.5, 0.6) is 0 Å². The van der Waals surface area contributed by atoms with Gasteiger partial charge in [-0.05, 0) is 32.0 Å². The van der Waals surface area contributed by atoms with Crippen molar-refractivity contribution >= 4 is 17.3 Å². The third-order valence-corrected chi connectivity index (χ3v) is 3.89. The topological polar surface area (TPSA) is 93.9 Å². The lowest BCUT2D eigenvalue weighted by Gasteiger charge is -2.23. The van der Waals surface area contributed by atoms with Crippen molar-refractivity contribution < 1.29 is 5.11 Å². The van der Waals surface area contributed by atoms with Gasteiger partial charge in [-0.2, -0.15) is 5.11 Å². The van der Waals surface area contributed by atoms with Gasteiger partial charge in [0.15, 0.2) is 0 Å². The lowest BCUT2D eigenvalue weighted by Crippen LogP contribution is -2.38. The maximum absolute atomic E-state index is 11.5. The van der Waals surface area contributed by atoms with E-state index in [1.54, 1.807) is 37.1 Å². The average molecular weight is 334 g/mol. The van der Waals surface area contributed by atoms with Crippen molar-refractivity contribution in [1.29, 1.82) is 0 Å². The van der Waals surface area contributed by atoms with Gasteiger partial charge in [-0.25, -0.2) is 9.99 Å². The lowest BCUT2D eigenvalue weighted by molar-refractivity contribution is 0.0579. The smallest absolute Gasteiger partial charge is 0.251 e. The Morgan fingerprint density at radius 3 is 2.83 bits per heavy atom. The first-order valence-corrected chi connectivity index (χ1v) is 7.48. The van der Waals surface area contributed by atoms with Crippen LogP contribution in [0, 0.1) is 0 Å². The molecule has 8 heteroatoms. The molecular formula is C15H16ClN5O2. The number of aromatic amines is 1. The second kappa shape index (κ2) is 5.75. The summed E-state index contributed by atoms with van der Waals surface area (Å²) in [7, 11) is 0. The number of anilines is 1. The SMILES string of the molecule is CC(C)(O)C1CN(c2ccc(Cl)cc2-c2cc(=O)[nH]cn2)N=N1. The summed E-state index contributed by atoms with van der Waals surface area (Å²) in [6.45, 7) is 3.82. The van der Waals surface area contributed by atoms with Gasteiger partial charge in [-0.15, -0.1) is 0 Å². The molecule has 7 nitrogen and oxygen atoms in total.